The third-order valence-corrected chi connectivity index (χ3v) is 7.44. The fraction of sp³-hybridized carbons (Fsp3) is 0.292. The molecule has 32 heavy (non-hydrogen) atoms. The van der Waals surface area contributed by atoms with E-state index in [1.165, 1.54) is 10.3 Å². The number of rotatable bonds is 5. The molecule has 1 atom stereocenters. The smallest absolute Gasteiger partial charge is 0.264 e. The summed E-state index contributed by atoms with van der Waals surface area (Å²) in [6.45, 7) is 6.21. The van der Waals surface area contributed by atoms with Crippen LogP contribution < -0.4 is 10.5 Å². The molecule has 0 saturated carbocycles. The van der Waals surface area contributed by atoms with Gasteiger partial charge in [-0.25, -0.2) is 0 Å². The molecule has 6 nitrogen and oxygen atoms in total. The molecule has 8 heteroatoms. The molecule has 166 valence electrons. The first kappa shape index (κ1) is 22.4. The molecule has 0 spiro atoms. The van der Waals surface area contributed by atoms with Gasteiger partial charge in [0, 0.05) is 42.4 Å². The minimum Gasteiger partial charge on any atom is -0.494 e. The first-order valence-corrected chi connectivity index (χ1v) is 11.9. The first-order valence-electron chi connectivity index (χ1n) is 10.6. The Morgan fingerprint density at radius 1 is 1.19 bits per heavy atom. The second kappa shape index (κ2) is 9.34. The Morgan fingerprint density at radius 3 is 2.56 bits per heavy atom. The van der Waals surface area contributed by atoms with E-state index < -0.39 is 5.56 Å². The number of nitrogens with one attached hydrogen (secondary N) is 1. The average Bonchev–Trinajstić information content (AvgIpc) is 2.98. The van der Waals surface area contributed by atoms with Crippen LogP contribution >= 0.6 is 24.0 Å². The Kier molecular flexibility index (Phi) is 6.53. The summed E-state index contributed by atoms with van der Waals surface area (Å²) in [5.41, 5.74) is 3.42. The third-order valence-electron chi connectivity index (χ3n) is 5.74. The molecule has 1 unspecified atom stereocenters. The minimum atomic E-state index is -0.427. The van der Waals surface area contributed by atoms with Gasteiger partial charge in [-0.3, -0.25) is 19.3 Å². The van der Waals surface area contributed by atoms with Crippen LogP contribution in [0.2, 0.25) is 0 Å². The summed E-state index contributed by atoms with van der Waals surface area (Å²) >= 11 is 6.86. The molecule has 1 aliphatic heterocycles. The van der Waals surface area contributed by atoms with Gasteiger partial charge >= 0.3 is 0 Å². The van der Waals surface area contributed by atoms with E-state index in [0.717, 1.165) is 29.2 Å². The number of nitrogens with zero attached hydrogens (tertiary/aromatic N) is 3. The maximum absolute atomic E-state index is 12.8. The number of para-hydroxylation sites is 1. The fourth-order valence-corrected chi connectivity index (χ4v) is 5.32. The van der Waals surface area contributed by atoms with Gasteiger partial charge in [-0.15, -0.1) is 11.8 Å². The monoisotopic (exact) mass is 466 g/mol. The highest BCUT2D eigenvalue weighted by molar-refractivity contribution is 7.99. The number of anilines is 1. The highest BCUT2D eigenvalue weighted by Gasteiger charge is 2.26. The van der Waals surface area contributed by atoms with Gasteiger partial charge in [0.25, 0.3) is 5.56 Å². The number of thioether (sulfide) groups is 1. The van der Waals surface area contributed by atoms with Crippen LogP contribution in [0.3, 0.4) is 0 Å². The number of hydrogen-bond acceptors (Lipinski definition) is 6. The predicted molar refractivity (Wildman–Crippen MR) is 134 cm³/mol. The summed E-state index contributed by atoms with van der Waals surface area (Å²) in [5.74, 6) is -0.169. The summed E-state index contributed by atoms with van der Waals surface area (Å²) in [7, 11) is 1.63. The normalized spacial score (nSPS) is 15.6. The first-order chi connectivity index (χ1) is 15.4. The number of fused-ring (bicyclic) bond motifs is 1. The molecule has 3 aromatic rings. The van der Waals surface area contributed by atoms with E-state index in [4.69, 9.17) is 17.2 Å². The van der Waals surface area contributed by atoms with Gasteiger partial charge in [0.15, 0.2) is 4.77 Å². The van der Waals surface area contributed by atoms with E-state index in [-0.39, 0.29) is 21.5 Å². The number of H-pyrrole nitrogens is 1. The predicted octanol–water partition coefficient (Wildman–Crippen LogP) is 5.35. The molecule has 1 aromatic heterocycles. The van der Waals surface area contributed by atoms with Crippen molar-refractivity contribution in [2.45, 2.75) is 30.4 Å². The standard InChI is InChI=1S/C24H26N4O2S2/c1-4-28(5-2)16-12-10-15(11-13-16)20-14-18(25-17-8-6-7-9-19(17)32-20)21-22(29)26-24(31)27(3)23(21)30/h6-13,20,30H,4-5,14H2,1-3H3,(H,26,29,31). The Labute approximate surface area is 196 Å². The van der Waals surface area contributed by atoms with Crippen LogP contribution in [0.1, 0.15) is 36.6 Å². The van der Waals surface area contributed by atoms with Gasteiger partial charge in [-0.05, 0) is 55.9 Å². The molecule has 0 aliphatic carbocycles. The largest absolute Gasteiger partial charge is 0.494 e. The molecule has 2 aromatic carbocycles. The second-order valence-corrected chi connectivity index (χ2v) is 9.25. The van der Waals surface area contributed by atoms with Crippen LogP contribution in [0.25, 0.3) is 0 Å². The van der Waals surface area contributed by atoms with Gasteiger partial charge < -0.3 is 10.0 Å². The molecule has 2 heterocycles. The van der Waals surface area contributed by atoms with E-state index >= 15 is 0 Å². The summed E-state index contributed by atoms with van der Waals surface area (Å²) in [6.07, 6.45) is 0.497. The fourth-order valence-electron chi connectivity index (χ4n) is 3.91. The van der Waals surface area contributed by atoms with Crippen LogP contribution in [0, 0.1) is 4.77 Å². The lowest BCUT2D eigenvalue weighted by Gasteiger charge is -2.22. The molecule has 1 aliphatic rings. The van der Waals surface area contributed by atoms with Crippen molar-refractivity contribution in [3.05, 3.63) is 74.8 Å². The van der Waals surface area contributed by atoms with Crippen LogP contribution in [0.5, 0.6) is 5.88 Å². The molecule has 0 saturated heterocycles. The Balaban J connectivity index is 1.80. The Hall–Kier alpha value is -2.84. The Bertz CT molecular complexity index is 1270. The molecular formula is C24H26N4O2S2. The topological polar surface area (TPSA) is 73.6 Å². The van der Waals surface area contributed by atoms with Gasteiger partial charge in [-0.1, -0.05) is 24.3 Å². The van der Waals surface area contributed by atoms with Crippen LogP contribution in [0.4, 0.5) is 11.4 Å². The summed E-state index contributed by atoms with van der Waals surface area (Å²) in [6, 6.07) is 16.5. The van der Waals surface area contributed by atoms with E-state index in [0.29, 0.717) is 12.1 Å². The van der Waals surface area contributed by atoms with Crippen molar-refractivity contribution < 1.29 is 5.11 Å². The minimum absolute atomic E-state index is 0.0374. The van der Waals surface area contributed by atoms with Crippen molar-refractivity contribution in [3.8, 4) is 5.88 Å². The van der Waals surface area contributed by atoms with Crippen molar-refractivity contribution in [3.63, 3.8) is 0 Å². The van der Waals surface area contributed by atoms with E-state index in [1.807, 2.05) is 24.3 Å². The average molecular weight is 467 g/mol. The molecule has 0 fully saturated rings. The second-order valence-electron chi connectivity index (χ2n) is 7.62. The van der Waals surface area contributed by atoms with Crippen molar-refractivity contribution >= 4 is 41.1 Å². The molecular weight excluding hydrogens is 440 g/mol. The number of benzene rings is 2. The van der Waals surface area contributed by atoms with Crippen LogP contribution in [-0.4, -0.2) is 33.5 Å². The zero-order chi connectivity index (χ0) is 22.8. The van der Waals surface area contributed by atoms with Gasteiger partial charge in [0.1, 0.15) is 5.56 Å². The Morgan fingerprint density at radius 2 is 1.88 bits per heavy atom. The van der Waals surface area contributed by atoms with E-state index in [9.17, 15) is 9.90 Å². The zero-order valence-electron chi connectivity index (χ0n) is 18.3. The molecule has 2 N–H and O–H groups in total. The highest BCUT2D eigenvalue weighted by Crippen LogP contribution is 2.45. The number of hydrogen-bond donors (Lipinski definition) is 2. The number of aromatic hydroxyl groups is 1. The van der Waals surface area contributed by atoms with Crippen molar-refractivity contribution in [1.82, 2.24) is 9.55 Å². The number of aliphatic imine (C=N–C) groups is 1. The summed E-state index contributed by atoms with van der Waals surface area (Å²) in [4.78, 5) is 23.6. The number of aromatic nitrogens is 2. The quantitative estimate of drug-likeness (QED) is 0.496. The lowest BCUT2D eigenvalue weighted by Crippen LogP contribution is -2.23. The van der Waals surface area contributed by atoms with Crippen molar-refractivity contribution in [2.75, 3.05) is 18.0 Å². The summed E-state index contributed by atoms with van der Waals surface area (Å²) < 4.78 is 1.57. The van der Waals surface area contributed by atoms with Crippen LogP contribution in [-0.2, 0) is 7.05 Å². The lowest BCUT2D eigenvalue weighted by molar-refractivity contribution is 0.419. The van der Waals surface area contributed by atoms with Crippen molar-refractivity contribution in [1.29, 1.82) is 0 Å². The summed E-state index contributed by atoms with van der Waals surface area (Å²) in [5, 5.41) is 10.8. The number of aromatic amines is 1. The maximum atomic E-state index is 12.8. The van der Waals surface area contributed by atoms with Crippen LogP contribution in [0.15, 0.2) is 63.2 Å². The van der Waals surface area contributed by atoms with E-state index in [2.05, 4.69) is 48.0 Å². The molecule has 0 amide bonds. The maximum Gasteiger partial charge on any atom is 0.264 e. The van der Waals surface area contributed by atoms with E-state index in [1.54, 1.807) is 18.8 Å². The highest BCUT2D eigenvalue weighted by atomic mass is 32.2. The SMILES string of the molecule is CCN(CC)c1ccc(C2CC(c3c(O)n(C)c(=S)[nH]c3=O)=Nc3ccccc3S2)cc1. The third kappa shape index (κ3) is 4.25. The van der Waals surface area contributed by atoms with Gasteiger partial charge in [0.2, 0.25) is 5.88 Å². The van der Waals surface area contributed by atoms with Gasteiger partial charge in [-0.2, -0.15) is 0 Å². The molecule has 0 radical (unpaired) electrons. The molecule has 0 bridgehead atoms. The molecule has 4 rings (SSSR count). The van der Waals surface area contributed by atoms with Crippen molar-refractivity contribution in [2.24, 2.45) is 12.0 Å². The zero-order valence-corrected chi connectivity index (χ0v) is 20.0. The van der Waals surface area contributed by atoms with Gasteiger partial charge in [0.05, 0.1) is 11.4 Å². The lowest BCUT2D eigenvalue weighted by atomic mass is 10.0.